The second-order valence-corrected chi connectivity index (χ2v) is 7.83. The van der Waals surface area contributed by atoms with Crippen LogP contribution >= 0.6 is 0 Å². The lowest BCUT2D eigenvalue weighted by Crippen LogP contribution is -2.33. The third-order valence-electron chi connectivity index (χ3n) is 6.00. The molecule has 2 aromatic carbocycles. The number of rotatable bonds is 4. The summed E-state index contributed by atoms with van der Waals surface area (Å²) in [7, 11) is 2.09. The maximum Gasteiger partial charge on any atom is 0.222 e. The van der Waals surface area contributed by atoms with Gasteiger partial charge >= 0.3 is 0 Å². The summed E-state index contributed by atoms with van der Waals surface area (Å²) in [6.45, 7) is 2.47. The number of benzene rings is 2. The van der Waals surface area contributed by atoms with Gasteiger partial charge < -0.3 is 10.0 Å². The molecule has 3 atom stereocenters. The predicted octanol–water partition coefficient (Wildman–Crippen LogP) is 3.23. The Morgan fingerprint density at radius 3 is 2.67 bits per heavy atom. The van der Waals surface area contributed by atoms with Gasteiger partial charge in [-0.1, -0.05) is 24.3 Å². The molecule has 2 aromatic rings. The summed E-state index contributed by atoms with van der Waals surface area (Å²) in [5.41, 5.74) is 2.06. The minimum absolute atomic E-state index is 0.167. The van der Waals surface area contributed by atoms with Crippen LogP contribution in [0.3, 0.4) is 0 Å². The molecule has 2 heterocycles. The van der Waals surface area contributed by atoms with Crippen LogP contribution in [0.25, 0.3) is 0 Å². The summed E-state index contributed by atoms with van der Waals surface area (Å²) in [5.74, 6) is 1.02. The molecule has 27 heavy (non-hydrogen) atoms. The highest BCUT2D eigenvalue weighted by atomic mass is 19.1. The molecule has 1 N–H and O–H groups in total. The van der Waals surface area contributed by atoms with E-state index in [2.05, 4.69) is 11.9 Å². The van der Waals surface area contributed by atoms with Crippen LogP contribution in [0.4, 0.5) is 4.39 Å². The van der Waals surface area contributed by atoms with Crippen LogP contribution in [0, 0.1) is 17.7 Å². The number of phenolic OH excluding ortho intramolecular Hbond substituents is 1. The fraction of sp³-hybridized carbons (Fsp3) is 0.409. The highest BCUT2D eigenvalue weighted by Gasteiger charge is 2.47. The second-order valence-electron chi connectivity index (χ2n) is 7.83. The number of hydrogen-bond acceptors (Lipinski definition) is 3. The molecule has 142 valence electrons. The molecule has 2 aliphatic heterocycles. The molecule has 2 fully saturated rings. The molecule has 1 amide bonds. The Morgan fingerprint density at radius 2 is 1.93 bits per heavy atom. The number of aromatic hydroxyl groups is 1. The van der Waals surface area contributed by atoms with Crippen LogP contribution in [0.5, 0.6) is 5.75 Å². The maximum atomic E-state index is 13.7. The molecule has 0 saturated carbocycles. The number of amides is 1. The SMILES string of the molecule is CN1C[C@H]2CN(C(=O)CCc3ccc(O)cc3)C[C@H]2[C@@H]1c1cccc(F)c1. The van der Waals surface area contributed by atoms with Crippen molar-refractivity contribution in [3.8, 4) is 5.75 Å². The van der Waals surface area contributed by atoms with Crippen LogP contribution in [-0.2, 0) is 11.2 Å². The average Bonchev–Trinajstić information content (AvgIpc) is 3.17. The van der Waals surface area contributed by atoms with Crippen molar-refractivity contribution < 1.29 is 14.3 Å². The highest BCUT2D eigenvalue weighted by Crippen LogP contribution is 2.44. The number of nitrogens with zero attached hydrogens (tertiary/aromatic N) is 2. The first-order valence-electron chi connectivity index (χ1n) is 9.52. The lowest BCUT2D eigenvalue weighted by Gasteiger charge is -2.27. The highest BCUT2D eigenvalue weighted by molar-refractivity contribution is 5.77. The quantitative estimate of drug-likeness (QED) is 0.901. The van der Waals surface area contributed by atoms with Gasteiger partial charge in [-0.25, -0.2) is 4.39 Å². The summed E-state index contributed by atoms with van der Waals surface area (Å²) < 4.78 is 13.7. The van der Waals surface area contributed by atoms with Gasteiger partial charge in [-0.2, -0.15) is 0 Å². The molecule has 0 bridgehead atoms. The summed E-state index contributed by atoms with van der Waals surface area (Å²) in [6, 6.07) is 14.0. The van der Waals surface area contributed by atoms with Gasteiger partial charge in [0.1, 0.15) is 11.6 Å². The zero-order chi connectivity index (χ0) is 19.0. The van der Waals surface area contributed by atoms with E-state index in [1.807, 2.05) is 23.1 Å². The standard InChI is InChI=1S/C22H25FN2O2/c1-24-12-17-13-25(21(27)10-7-15-5-8-19(26)9-6-15)14-20(17)22(24)16-3-2-4-18(23)11-16/h2-6,8-9,11,17,20,22,26H,7,10,12-14H2,1H3/t17-,20+,22-/m0/s1. The van der Waals surface area contributed by atoms with E-state index in [0.29, 0.717) is 24.7 Å². The zero-order valence-electron chi connectivity index (χ0n) is 15.5. The fourth-order valence-electron chi connectivity index (χ4n) is 4.73. The van der Waals surface area contributed by atoms with E-state index >= 15 is 0 Å². The average molecular weight is 368 g/mol. The summed E-state index contributed by atoms with van der Waals surface area (Å²) >= 11 is 0. The van der Waals surface area contributed by atoms with Crippen molar-refractivity contribution >= 4 is 5.91 Å². The van der Waals surface area contributed by atoms with Gasteiger partial charge in [-0.05, 0) is 54.8 Å². The van der Waals surface area contributed by atoms with Gasteiger partial charge in [0.2, 0.25) is 5.91 Å². The first kappa shape index (κ1) is 18.0. The number of likely N-dealkylation sites (tertiary alicyclic amines) is 2. The molecule has 0 aromatic heterocycles. The van der Waals surface area contributed by atoms with Crippen molar-refractivity contribution in [3.05, 3.63) is 65.5 Å². The van der Waals surface area contributed by atoms with Crippen molar-refractivity contribution in [2.45, 2.75) is 18.9 Å². The largest absolute Gasteiger partial charge is 0.508 e. The van der Waals surface area contributed by atoms with Crippen LogP contribution in [0.15, 0.2) is 48.5 Å². The summed E-state index contributed by atoms with van der Waals surface area (Å²) in [5, 5.41) is 9.35. The predicted molar refractivity (Wildman–Crippen MR) is 102 cm³/mol. The van der Waals surface area contributed by atoms with Gasteiger partial charge in [0.15, 0.2) is 0 Å². The maximum absolute atomic E-state index is 13.7. The zero-order valence-corrected chi connectivity index (χ0v) is 15.5. The van der Waals surface area contributed by atoms with Gasteiger partial charge in [0.25, 0.3) is 0 Å². The lowest BCUT2D eigenvalue weighted by atomic mass is 9.89. The Hall–Kier alpha value is -2.40. The van der Waals surface area contributed by atoms with E-state index in [0.717, 1.165) is 30.8 Å². The molecule has 5 heteroatoms. The van der Waals surface area contributed by atoms with E-state index in [1.165, 1.54) is 6.07 Å². The van der Waals surface area contributed by atoms with Crippen molar-refractivity contribution in [2.24, 2.45) is 11.8 Å². The van der Waals surface area contributed by atoms with E-state index in [-0.39, 0.29) is 23.5 Å². The number of hydrogen-bond donors (Lipinski definition) is 1. The van der Waals surface area contributed by atoms with Crippen LogP contribution < -0.4 is 0 Å². The monoisotopic (exact) mass is 368 g/mol. The van der Waals surface area contributed by atoms with Gasteiger partial charge in [-0.3, -0.25) is 9.69 Å². The van der Waals surface area contributed by atoms with Crippen molar-refractivity contribution in [1.82, 2.24) is 9.80 Å². The molecule has 0 radical (unpaired) electrons. The number of carbonyl (C=O) groups excluding carboxylic acids is 1. The molecule has 4 rings (SSSR count). The van der Waals surface area contributed by atoms with Crippen molar-refractivity contribution in [2.75, 3.05) is 26.7 Å². The number of carbonyl (C=O) groups is 1. The number of aryl methyl sites for hydroxylation is 1. The molecular weight excluding hydrogens is 343 g/mol. The minimum atomic E-state index is -0.204. The summed E-state index contributed by atoms with van der Waals surface area (Å²) in [4.78, 5) is 17.0. The molecule has 0 spiro atoms. The Balaban J connectivity index is 1.40. The van der Waals surface area contributed by atoms with Crippen molar-refractivity contribution in [3.63, 3.8) is 0 Å². The Kier molecular flexibility index (Phi) is 4.87. The second kappa shape index (κ2) is 7.31. The van der Waals surface area contributed by atoms with E-state index in [1.54, 1.807) is 24.3 Å². The minimum Gasteiger partial charge on any atom is -0.508 e. The Bertz CT molecular complexity index is 823. The molecule has 0 unspecified atom stereocenters. The molecule has 0 aliphatic carbocycles. The Morgan fingerprint density at radius 1 is 1.15 bits per heavy atom. The first-order chi connectivity index (χ1) is 13.0. The number of halogens is 1. The van der Waals surface area contributed by atoms with Crippen molar-refractivity contribution in [1.29, 1.82) is 0 Å². The molecular formula is C22H25FN2O2. The summed E-state index contributed by atoms with van der Waals surface area (Å²) in [6.07, 6.45) is 1.16. The number of phenols is 1. The third-order valence-corrected chi connectivity index (χ3v) is 6.00. The number of fused-ring (bicyclic) bond motifs is 1. The third kappa shape index (κ3) is 3.69. The van der Waals surface area contributed by atoms with E-state index < -0.39 is 0 Å². The van der Waals surface area contributed by atoms with Gasteiger partial charge in [0.05, 0.1) is 0 Å². The smallest absolute Gasteiger partial charge is 0.222 e. The first-order valence-corrected chi connectivity index (χ1v) is 9.52. The normalized spacial score (nSPS) is 25.0. The van der Waals surface area contributed by atoms with Gasteiger partial charge in [-0.15, -0.1) is 0 Å². The van der Waals surface area contributed by atoms with E-state index in [4.69, 9.17) is 0 Å². The van der Waals surface area contributed by atoms with Crippen LogP contribution in [0.1, 0.15) is 23.6 Å². The molecule has 2 saturated heterocycles. The van der Waals surface area contributed by atoms with Crippen LogP contribution in [-0.4, -0.2) is 47.5 Å². The van der Waals surface area contributed by atoms with Gasteiger partial charge in [0, 0.05) is 38.0 Å². The topological polar surface area (TPSA) is 43.8 Å². The van der Waals surface area contributed by atoms with Crippen LogP contribution in [0.2, 0.25) is 0 Å². The van der Waals surface area contributed by atoms with E-state index in [9.17, 15) is 14.3 Å². The Labute approximate surface area is 159 Å². The molecule has 2 aliphatic rings. The molecule has 4 nitrogen and oxygen atoms in total. The fourth-order valence-corrected chi connectivity index (χ4v) is 4.73. The lowest BCUT2D eigenvalue weighted by molar-refractivity contribution is -0.130.